The first-order chi connectivity index (χ1) is 6.90. The highest BCUT2D eigenvalue weighted by atomic mass is 32.1. The van der Waals surface area contributed by atoms with Gasteiger partial charge in [-0.2, -0.15) is 13.2 Å². The van der Waals surface area contributed by atoms with E-state index in [2.05, 4.69) is 0 Å². The Morgan fingerprint density at radius 1 is 1.47 bits per heavy atom. The van der Waals surface area contributed by atoms with Crippen molar-refractivity contribution in [2.75, 3.05) is 0 Å². The van der Waals surface area contributed by atoms with E-state index in [9.17, 15) is 18.0 Å². The van der Waals surface area contributed by atoms with Crippen LogP contribution in [-0.2, 0) is 0 Å². The fourth-order valence-electron chi connectivity index (χ4n) is 1.22. The van der Waals surface area contributed by atoms with E-state index >= 15 is 0 Å². The van der Waals surface area contributed by atoms with Crippen LogP contribution in [0.3, 0.4) is 0 Å². The summed E-state index contributed by atoms with van der Waals surface area (Å²) in [6.45, 7) is 1.79. The minimum absolute atomic E-state index is 0.0269. The Labute approximate surface area is 89.9 Å². The van der Waals surface area contributed by atoms with Crippen molar-refractivity contribution in [3.05, 3.63) is 21.9 Å². The SMILES string of the molecule is Cc1ccsc1C(=O)CCCC(F)(F)F. The topological polar surface area (TPSA) is 17.1 Å². The van der Waals surface area contributed by atoms with Crippen LogP contribution >= 0.6 is 11.3 Å². The molecule has 0 aliphatic carbocycles. The van der Waals surface area contributed by atoms with Gasteiger partial charge in [0.25, 0.3) is 0 Å². The first kappa shape index (κ1) is 12.2. The normalized spacial score (nSPS) is 11.7. The maximum Gasteiger partial charge on any atom is 0.389 e. The van der Waals surface area contributed by atoms with Gasteiger partial charge in [-0.1, -0.05) is 0 Å². The highest BCUT2D eigenvalue weighted by molar-refractivity contribution is 7.12. The monoisotopic (exact) mass is 236 g/mol. The molecular formula is C10H11F3OS. The summed E-state index contributed by atoms with van der Waals surface area (Å²) in [6.07, 6.45) is -5.20. The minimum Gasteiger partial charge on any atom is -0.293 e. The molecule has 0 fully saturated rings. The first-order valence-corrected chi connectivity index (χ1v) is 5.42. The van der Waals surface area contributed by atoms with Crippen LogP contribution in [0.4, 0.5) is 13.2 Å². The number of hydrogen-bond donors (Lipinski definition) is 0. The van der Waals surface area contributed by atoms with Gasteiger partial charge in [0.2, 0.25) is 0 Å². The molecule has 0 aromatic carbocycles. The molecule has 15 heavy (non-hydrogen) atoms. The molecule has 1 nitrogen and oxygen atoms in total. The van der Waals surface area contributed by atoms with Gasteiger partial charge >= 0.3 is 6.18 Å². The van der Waals surface area contributed by atoms with Crippen molar-refractivity contribution in [3.8, 4) is 0 Å². The van der Waals surface area contributed by atoms with Gasteiger partial charge in [-0.15, -0.1) is 11.3 Å². The predicted octanol–water partition coefficient (Wildman–Crippen LogP) is 3.97. The van der Waals surface area contributed by atoms with Gasteiger partial charge in [-0.05, 0) is 30.4 Å². The number of Topliss-reactive ketones (excluding diaryl/α,β-unsaturated/α-hetero) is 1. The lowest BCUT2D eigenvalue weighted by Crippen LogP contribution is -2.08. The fraction of sp³-hybridized carbons (Fsp3) is 0.500. The predicted molar refractivity (Wildman–Crippen MR) is 53.3 cm³/mol. The second-order valence-electron chi connectivity index (χ2n) is 3.32. The number of rotatable bonds is 4. The van der Waals surface area contributed by atoms with E-state index in [1.807, 2.05) is 0 Å². The number of ketones is 1. The molecule has 1 heterocycles. The van der Waals surface area contributed by atoms with Crippen LogP contribution in [-0.4, -0.2) is 12.0 Å². The summed E-state index contributed by atoms with van der Waals surface area (Å²) >= 11 is 1.28. The van der Waals surface area contributed by atoms with Crippen molar-refractivity contribution in [2.24, 2.45) is 0 Å². The van der Waals surface area contributed by atoms with Crippen molar-refractivity contribution in [1.82, 2.24) is 0 Å². The van der Waals surface area contributed by atoms with Crippen molar-refractivity contribution in [1.29, 1.82) is 0 Å². The van der Waals surface area contributed by atoms with Crippen LogP contribution in [0.25, 0.3) is 0 Å². The molecule has 0 aliphatic heterocycles. The lowest BCUT2D eigenvalue weighted by molar-refractivity contribution is -0.135. The molecule has 0 saturated heterocycles. The van der Waals surface area contributed by atoms with Gasteiger partial charge in [-0.3, -0.25) is 4.79 Å². The zero-order valence-corrected chi connectivity index (χ0v) is 9.04. The standard InChI is InChI=1S/C10H11F3OS/c1-7-4-6-15-9(7)8(14)3-2-5-10(11,12)13/h4,6H,2-3,5H2,1H3. The summed E-state index contributed by atoms with van der Waals surface area (Å²) < 4.78 is 35.5. The van der Waals surface area contributed by atoms with Crippen LogP contribution in [0.5, 0.6) is 0 Å². The summed E-state index contributed by atoms with van der Waals surface area (Å²) in [5.74, 6) is -0.188. The molecule has 0 atom stereocenters. The smallest absolute Gasteiger partial charge is 0.293 e. The quantitative estimate of drug-likeness (QED) is 0.723. The van der Waals surface area contributed by atoms with Crippen molar-refractivity contribution in [2.45, 2.75) is 32.4 Å². The molecule has 0 unspecified atom stereocenters. The molecule has 84 valence electrons. The molecule has 1 aromatic heterocycles. The van der Waals surface area contributed by atoms with E-state index in [4.69, 9.17) is 0 Å². The number of carbonyl (C=O) groups is 1. The summed E-state index contributed by atoms with van der Waals surface area (Å²) in [5.41, 5.74) is 0.844. The second-order valence-corrected chi connectivity index (χ2v) is 4.24. The van der Waals surface area contributed by atoms with Crippen LogP contribution in [0.1, 0.15) is 34.5 Å². The highest BCUT2D eigenvalue weighted by Crippen LogP contribution is 2.24. The fourth-order valence-corrected chi connectivity index (χ4v) is 2.12. The highest BCUT2D eigenvalue weighted by Gasteiger charge is 2.26. The Bertz CT molecular complexity index is 341. The zero-order valence-electron chi connectivity index (χ0n) is 8.23. The molecule has 0 N–H and O–H groups in total. The third-order valence-electron chi connectivity index (χ3n) is 1.98. The van der Waals surface area contributed by atoms with Crippen molar-refractivity contribution < 1.29 is 18.0 Å². The van der Waals surface area contributed by atoms with Gasteiger partial charge in [0.15, 0.2) is 5.78 Å². The summed E-state index contributed by atoms with van der Waals surface area (Å²) in [6, 6.07) is 1.79. The van der Waals surface area contributed by atoms with Crippen LogP contribution in [0.15, 0.2) is 11.4 Å². The van der Waals surface area contributed by atoms with Gasteiger partial charge in [-0.25, -0.2) is 0 Å². The van der Waals surface area contributed by atoms with Gasteiger partial charge in [0.1, 0.15) is 0 Å². The molecule has 1 aromatic rings. The Kier molecular flexibility index (Phi) is 3.90. The zero-order chi connectivity index (χ0) is 11.5. The molecule has 0 spiro atoms. The third kappa shape index (κ3) is 4.03. The molecule has 0 amide bonds. The maximum absolute atomic E-state index is 11.8. The van der Waals surface area contributed by atoms with Crippen LogP contribution in [0, 0.1) is 6.92 Å². The second kappa shape index (κ2) is 4.79. The molecular weight excluding hydrogens is 225 g/mol. The number of halogens is 3. The molecule has 0 bridgehead atoms. The van der Waals surface area contributed by atoms with E-state index in [1.54, 1.807) is 18.4 Å². The van der Waals surface area contributed by atoms with E-state index in [1.165, 1.54) is 11.3 Å². The van der Waals surface area contributed by atoms with Gasteiger partial charge in [0.05, 0.1) is 4.88 Å². The summed E-state index contributed by atoms with van der Waals surface area (Å²) in [4.78, 5) is 12.0. The van der Waals surface area contributed by atoms with E-state index in [0.29, 0.717) is 4.88 Å². The maximum atomic E-state index is 11.8. The Morgan fingerprint density at radius 2 is 2.13 bits per heavy atom. The molecule has 0 saturated carbocycles. The van der Waals surface area contributed by atoms with E-state index in [-0.39, 0.29) is 18.6 Å². The van der Waals surface area contributed by atoms with Crippen molar-refractivity contribution in [3.63, 3.8) is 0 Å². The minimum atomic E-state index is -4.16. The number of alkyl halides is 3. The van der Waals surface area contributed by atoms with Crippen LogP contribution in [0.2, 0.25) is 0 Å². The molecule has 0 aliphatic rings. The lowest BCUT2D eigenvalue weighted by Gasteiger charge is -2.04. The first-order valence-electron chi connectivity index (χ1n) is 4.54. The van der Waals surface area contributed by atoms with E-state index in [0.717, 1.165) is 5.56 Å². The van der Waals surface area contributed by atoms with Gasteiger partial charge in [0, 0.05) is 12.8 Å². The Balaban J connectivity index is 2.41. The molecule has 0 radical (unpaired) electrons. The largest absolute Gasteiger partial charge is 0.389 e. The van der Waals surface area contributed by atoms with Crippen molar-refractivity contribution >= 4 is 17.1 Å². The Hall–Kier alpha value is -0.840. The number of aryl methyl sites for hydroxylation is 1. The summed E-state index contributed by atoms with van der Waals surface area (Å²) in [5, 5.41) is 1.77. The Morgan fingerprint density at radius 3 is 2.60 bits per heavy atom. The van der Waals surface area contributed by atoms with Crippen LogP contribution < -0.4 is 0 Å². The average Bonchev–Trinajstić information content (AvgIpc) is 2.48. The number of thiophene rings is 1. The van der Waals surface area contributed by atoms with E-state index < -0.39 is 12.6 Å². The van der Waals surface area contributed by atoms with Gasteiger partial charge < -0.3 is 0 Å². The summed E-state index contributed by atoms with van der Waals surface area (Å²) in [7, 11) is 0. The third-order valence-corrected chi connectivity index (χ3v) is 3.04. The number of carbonyl (C=O) groups excluding carboxylic acids is 1. The number of hydrogen-bond acceptors (Lipinski definition) is 2. The molecule has 5 heteroatoms. The average molecular weight is 236 g/mol. The lowest BCUT2D eigenvalue weighted by atomic mass is 10.1. The molecule has 1 rings (SSSR count).